The maximum atomic E-state index is 4.79. The average molecular weight is 258 g/mol. The van der Waals surface area contributed by atoms with Gasteiger partial charge in [-0.3, -0.25) is 4.99 Å². The number of rotatable bonds is 3. The Morgan fingerprint density at radius 1 is 1.38 bits per heavy atom. The van der Waals surface area contributed by atoms with E-state index in [1.807, 2.05) is 23.5 Å². The Morgan fingerprint density at radius 2 is 2.06 bits per heavy atom. The third kappa shape index (κ3) is 2.89. The zero-order valence-electron chi connectivity index (χ0n) is 10.5. The van der Waals surface area contributed by atoms with Crippen molar-refractivity contribution < 1.29 is 0 Å². The van der Waals surface area contributed by atoms with Crippen LogP contribution in [0.1, 0.15) is 39.5 Å². The smallest absolute Gasteiger partial charge is 0.157 e. The zero-order valence-corrected chi connectivity index (χ0v) is 12.1. The topological polar surface area (TPSA) is 24.4 Å². The first kappa shape index (κ1) is 12.6. The van der Waals surface area contributed by atoms with Crippen LogP contribution in [0, 0.1) is 0 Å². The van der Waals surface area contributed by atoms with Crippen LogP contribution in [0.4, 0.5) is 0 Å². The number of hydrogen-bond donors (Lipinski definition) is 1. The number of hydrogen-bond acceptors (Lipinski definition) is 3. The summed E-state index contributed by atoms with van der Waals surface area (Å²) in [6.07, 6.45) is 7.71. The summed E-state index contributed by atoms with van der Waals surface area (Å²) in [5, 5.41) is 4.66. The fourth-order valence-corrected chi connectivity index (χ4v) is 4.32. The Bertz CT molecular complexity index is 281. The average Bonchev–Trinajstić information content (AvgIpc) is 2.83. The van der Waals surface area contributed by atoms with Crippen molar-refractivity contribution in [3.63, 3.8) is 0 Å². The van der Waals surface area contributed by atoms with Crippen LogP contribution in [0.5, 0.6) is 0 Å². The molecule has 1 N–H and O–H groups in total. The molecule has 0 amide bonds. The van der Waals surface area contributed by atoms with Gasteiger partial charge in [0.05, 0.1) is 6.54 Å². The van der Waals surface area contributed by atoms with Crippen LogP contribution >= 0.6 is 23.5 Å². The molecule has 4 heteroatoms. The van der Waals surface area contributed by atoms with Gasteiger partial charge < -0.3 is 5.32 Å². The molecule has 1 saturated carbocycles. The van der Waals surface area contributed by atoms with Crippen molar-refractivity contribution in [1.29, 1.82) is 0 Å². The van der Waals surface area contributed by atoms with Gasteiger partial charge in [0.1, 0.15) is 0 Å². The van der Waals surface area contributed by atoms with Gasteiger partial charge in [-0.15, -0.1) is 0 Å². The van der Waals surface area contributed by atoms with Crippen molar-refractivity contribution in [1.82, 2.24) is 5.32 Å². The van der Waals surface area contributed by atoms with Crippen molar-refractivity contribution in [3.05, 3.63) is 0 Å². The molecule has 16 heavy (non-hydrogen) atoms. The van der Waals surface area contributed by atoms with Crippen LogP contribution in [-0.4, -0.2) is 34.0 Å². The van der Waals surface area contributed by atoms with Crippen LogP contribution < -0.4 is 5.32 Å². The minimum atomic E-state index is 0.228. The Labute approximate surface area is 107 Å². The van der Waals surface area contributed by atoms with E-state index in [4.69, 9.17) is 4.99 Å². The van der Waals surface area contributed by atoms with Crippen LogP contribution in [0.15, 0.2) is 4.99 Å². The van der Waals surface area contributed by atoms with E-state index >= 15 is 0 Å². The van der Waals surface area contributed by atoms with Crippen molar-refractivity contribution in [2.45, 2.75) is 49.8 Å². The quantitative estimate of drug-likeness (QED) is 0.841. The lowest BCUT2D eigenvalue weighted by Gasteiger charge is -2.24. The highest BCUT2D eigenvalue weighted by molar-refractivity contribution is 8.14. The molecule has 2 nitrogen and oxygen atoms in total. The van der Waals surface area contributed by atoms with Gasteiger partial charge in [-0.1, -0.05) is 24.6 Å². The van der Waals surface area contributed by atoms with Crippen molar-refractivity contribution in [2.24, 2.45) is 4.99 Å². The van der Waals surface area contributed by atoms with E-state index in [1.54, 1.807) is 0 Å². The van der Waals surface area contributed by atoms with Crippen molar-refractivity contribution >= 4 is 28.7 Å². The standard InChI is InChI=1S/C12H22N2S2/c1-11(2)9-16-10(14-11)13-8-12(15-3)6-4-5-7-12/h4-9H2,1-3H3,(H,13,14). The summed E-state index contributed by atoms with van der Waals surface area (Å²) in [7, 11) is 0. The molecule has 1 aliphatic carbocycles. The maximum Gasteiger partial charge on any atom is 0.157 e. The largest absolute Gasteiger partial charge is 0.359 e. The Kier molecular flexibility index (Phi) is 3.79. The maximum absolute atomic E-state index is 4.79. The summed E-state index contributed by atoms with van der Waals surface area (Å²) in [6, 6.07) is 0. The highest BCUT2D eigenvalue weighted by Crippen LogP contribution is 2.40. The molecule has 2 rings (SSSR count). The first-order valence-corrected chi connectivity index (χ1v) is 8.27. The van der Waals surface area contributed by atoms with Gasteiger partial charge in [0.2, 0.25) is 0 Å². The van der Waals surface area contributed by atoms with Gasteiger partial charge in [0.25, 0.3) is 0 Å². The molecule has 0 aromatic carbocycles. The van der Waals surface area contributed by atoms with Crippen molar-refractivity contribution in [3.8, 4) is 0 Å². The zero-order chi connectivity index (χ0) is 11.6. The fourth-order valence-electron chi connectivity index (χ4n) is 2.36. The molecule has 92 valence electrons. The lowest BCUT2D eigenvalue weighted by atomic mass is 10.1. The van der Waals surface area contributed by atoms with Crippen LogP contribution in [0.3, 0.4) is 0 Å². The molecule has 0 aromatic rings. The summed E-state index contributed by atoms with van der Waals surface area (Å²) >= 11 is 3.89. The monoisotopic (exact) mass is 258 g/mol. The predicted octanol–water partition coefficient (Wildman–Crippen LogP) is 3.13. The van der Waals surface area contributed by atoms with E-state index in [0.717, 1.165) is 17.5 Å². The molecule has 2 aliphatic rings. The summed E-state index contributed by atoms with van der Waals surface area (Å²) < 4.78 is 0.446. The number of amidine groups is 1. The third-order valence-corrected chi connectivity index (χ3v) is 6.25. The molecule has 1 heterocycles. The van der Waals surface area contributed by atoms with E-state index in [9.17, 15) is 0 Å². The minimum Gasteiger partial charge on any atom is -0.359 e. The second kappa shape index (κ2) is 4.81. The molecular formula is C12H22N2S2. The molecule has 0 bridgehead atoms. The van der Waals surface area contributed by atoms with Gasteiger partial charge in [0.15, 0.2) is 5.17 Å². The third-order valence-electron chi connectivity index (χ3n) is 3.47. The van der Waals surface area contributed by atoms with E-state index in [0.29, 0.717) is 4.75 Å². The molecule has 0 atom stereocenters. The predicted molar refractivity (Wildman–Crippen MR) is 76.7 cm³/mol. The molecule has 1 aliphatic heterocycles. The summed E-state index contributed by atoms with van der Waals surface area (Å²) in [5.41, 5.74) is 0.228. The summed E-state index contributed by atoms with van der Waals surface area (Å²) in [6.45, 7) is 5.48. The molecule has 1 saturated heterocycles. The van der Waals surface area contributed by atoms with Gasteiger partial charge in [-0.05, 0) is 32.9 Å². The molecule has 0 unspecified atom stereocenters. The van der Waals surface area contributed by atoms with Crippen LogP contribution in [-0.2, 0) is 0 Å². The summed E-state index contributed by atoms with van der Waals surface area (Å²) in [5.74, 6) is 1.14. The number of nitrogens with zero attached hydrogens (tertiary/aromatic N) is 1. The minimum absolute atomic E-state index is 0.228. The summed E-state index contributed by atoms with van der Waals surface area (Å²) in [4.78, 5) is 4.79. The molecule has 0 radical (unpaired) electrons. The van der Waals surface area contributed by atoms with E-state index in [2.05, 4.69) is 25.4 Å². The lowest BCUT2D eigenvalue weighted by Crippen LogP contribution is -2.37. The number of aliphatic imine (C=N–C) groups is 1. The second-order valence-corrected chi connectivity index (χ2v) is 7.75. The van der Waals surface area contributed by atoms with Gasteiger partial charge in [0, 0.05) is 16.0 Å². The number of nitrogens with one attached hydrogen (secondary N) is 1. The van der Waals surface area contributed by atoms with E-state index < -0.39 is 0 Å². The van der Waals surface area contributed by atoms with Gasteiger partial charge in [-0.25, -0.2) is 0 Å². The second-order valence-electron chi connectivity index (χ2n) is 5.51. The SMILES string of the molecule is CSC1(CN=C2NC(C)(C)CS2)CCCC1. The van der Waals surface area contributed by atoms with Gasteiger partial charge in [-0.2, -0.15) is 11.8 Å². The molecule has 2 fully saturated rings. The van der Waals surface area contributed by atoms with Crippen LogP contribution in [0.2, 0.25) is 0 Å². The van der Waals surface area contributed by atoms with Gasteiger partial charge >= 0.3 is 0 Å². The first-order valence-electron chi connectivity index (χ1n) is 6.06. The van der Waals surface area contributed by atoms with E-state index in [-0.39, 0.29) is 5.54 Å². The first-order chi connectivity index (χ1) is 7.55. The highest BCUT2D eigenvalue weighted by Gasteiger charge is 2.34. The molecule has 0 spiro atoms. The lowest BCUT2D eigenvalue weighted by molar-refractivity contribution is 0.534. The Morgan fingerprint density at radius 3 is 2.56 bits per heavy atom. The van der Waals surface area contributed by atoms with E-state index in [1.165, 1.54) is 25.7 Å². The molecule has 0 aromatic heterocycles. The molecular weight excluding hydrogens is 236 g/mol. The fraction of sp³-hybridized carbons (Fsp3) is 0.917. The normalized spacial score (nSPS) is 29.6. The Balaban J connectivity index is 1.93. The van der Waals surface area contributed by atoms with Crippen molar-refractivity contribution in [2.75, 3.05) is 18.6 Å². The Hall–Kier alpha value is 0.170. The highest BCUT2D eigenvalue weighted by atomic mass is 32.2. The van der Waals surface area contributed by atoms with Crippen LogP contribution in [0.25, 0.3) is 0 Å². The number of thioether (sulfide) groups is 2.